The van der Waals surface area contributed by atoms with Crippen LogP contribution in [0.4, 0.5) is 0 Å². The fourth-order valence-electron chi connectivity index (χ4n) is 6.79. The molecule has 0 aliphatic heterocycles. The molecule has 0 saturated heterocycles. The summed E-state index contributed by atoms with van der Waals surface area (Å²) in [4.78, 5) is 38.1. The number of unbranched alkanes of at least 4 members (excludes halogenated alkanes) is 12. The first kappa shape index (κ1) is 64.3. The number of allylic oxidation sites excluding steroid dienone is 24. The van der Waals surface area contributed by atoms with Crippen molar-refractivity contribution in [1.82, 2.24) is 0 Å². The van der Waals surface area contributed by atoms with E-state index in [1.807, 2.05) is 12.2 Å². The number of carbonyl (C=O) groups excluding carboxylic acids is 3. The molecule has 0 N–H and O–H groups in total. The number of hydrogen-bond donors (Lipinski definition) is 0. The smallest absolute Gasteiger partial charge is 0.306 e. The summed E-state index contributed by atoms with van der Waals surface area (Å²) in [5.41, 5.74) is 0. The highest BCUT2D eigenvalue weighted by atomic mass is 16.6. The zero-order valence-corrected chi connectivity index (χ0v) is 44.0. The van der Waals surface area contributed by atoms with Crippen LogP contribution in [0.15, 0.2) is 146 Å². The van der Waals surface area contributed by atoms with Crippen molar-refractivity contribution in [3.63, 3.8) is 0 Å². The summed E-state index contributed by atoms with van der Waals surface area (Å²) in [7, 11) is 0. The van der Waals surface area contributed by atoms with Crippen LogP contribution >= 0.6 is 0 Å². The summed E-state index contributed by atoms with van der Waals surface area (Å²) in [5.74, 6) is -1.09. The molecule has 0 amide bonds. The molecule has 0 aromatic heterocycles. The van der Waals surface area contributed by atoms with E-state index in [9.17, 15) is 14.4 Å². The Kier molecular flexibility index (Phi) is 52.1. The molecule has 0 radical (unpaired) electrons. The molecular formula is C63H98O6. The van der Waals surface area contributed by atoms with Crippen LogP contribution in [0, 0.1) is 0 Å². The van der Waals surface area contributed by atoms with Crippen LogP contribution in [0.3, 0.4) is 0 Å². The molecule has 0 rings (SSSR count). The number of rotatable bonds is 47. The van der Waals surface area contributed by atoms with E-state index < -0.39 is 12.1 Å². The van der Waals surface area contributed by atoms with Gasteiger partial charge in [-0.1, -0.05) is 218 Å². The molecule has 69 heavy (non-hydrogen) atoms. The molecule has 0 saturated carbocycles. The Hall–Kier alpha value is -4.71. The summed E-state index contributed by atoms with van der Waals surface area (Å²) in [6, 6.07) is 0. The maximum Gasteiger partial charge on any atom is 0.306 e. The van der Waals surface area contributed by atoms with Gasteiger partial charge in [-0.15, -0.1) is 0 Å². The first-order valence-corrected chi connectivity index (χ1v) is 27.3. The van der Waals surface area contributed by atoms with E-state index >= 15 is 0 Å². The number of carbonyl (C=O) groups is 3. The van der Waals surface area contributed by atoms with Gasteiger partial charge in [0.15, 0.2) is 6.10 Å². The van der Waals surface area contributed by atoms with Gasteiger partial charge in [0.25, 0.3) is 0 Å². The van der Waals surface area contributed by atoms with Crippen molar-refractivity contribution in [2.45, 2.75) is 219 Å². The van der Waals surface area contributed by atoms with Gasteiger partial charge in [-0.2, -0.15) is 0 Å². The van der Waals surface area contributed by atoms with E-state index in [-0.39, 0.29) is 38.0 Å². The molecule has 0 fully saturated rings. The van der Waals surface area contributed by atoms with Gasteiger partial charge in [0.1, 0.15) is 13.2 Å². The summed E-state index contributed by atoms with van der Waals surface area (Å²) < 4.78 is 16.7. The van der Waals surface area contributed by atoms with Gasteiger partial charge in [0.05, 0.1) is 0 Å². The van der Waals surface area contributed by atoms with E-state index in [1.165, 1.54) is 64.2 Å². The van der Waals surface area contributed by atoms with Crippen LogP contribution in [-0.4, -0.2) is 37.2 Å². The zero-order valence-electron chi connectivity index (χ0n) is 44.0. The van der Waals surface area contributed by atoms with Crippen LogP contribution in [0.1, 0.15) is 213 Å². The third-order valence-electron chi connectivity index (χ3n) is 10.8. The van der Waals surface area contributed by atoms with Crippen LogP contribution in [0.25, 0.3) is 0 Å². The van der Waals surface area contributed by atoms with Gasteiger partial charge < -0.3 is 14.2 Å². The van der Waals surface area contributed by atoms with Crippen LogP contribution in [0.2, 0.25) is 0 Å². The predicted molar refractivity (Wildman–Crippen MR) is 297 cm³/mol. The van der Waals surface area contributed by atoms with Crippen molar-refractivity contribution in [2.24, 2.45) is 0 Å². The molecule has 1 atom stereocenters. The Morgan fingerprint density at radius 1 is 0.304 bits per heavy atom. The van der Waals surface area contributed by atoms with E-state index in [0.717, 1.165) is 96.3 Å². The lowest BCUT2D eigenvalue weighted by molar-refractivity contribution is -0.166. The summed E-state index contributed by atoms with van der Waals surface area (Å²) in [5, 5.41) is 0. The van der Waals surface area contributed by atoms with Crippen molar-refractivity contribution >= 4 is 17.9 Å². The molecule has 6 nitrogen and oxygen atoms in total. The second-order valence-corrected chi connectivity index (χ2v) is 17.4. The lowest BCUT2D eigenvalue weighted by atomic mass is 10.1. The van der Waals surface area contributed by atoms with E-state index in [0.29, 0.717) is 19.3 Å². The normalized spacial score (nSPS) is 13.3. The van der Waals surface area contributed by atoms with Gasteiger partial charge in [-0.3, -0.25) is 14.4 Å². The Labute approximate surface area is 423 Å². The predicted octanol–water partition coefficient (Wildman–Crippen LogP) is 18.4. The molecule has 0 unspecified atom stereocenters. The van der Waals surface area contributed by atoms with Crippen molar-refractivity contribution < 1.29 is 28.6 Å². The summed E-state index contributed by atoms with van der Waals surface area (Å²) in [6.45, 7) is 6.26. The monoisotopic (exact) mass is 951 g/mol. The van der Waals surface area contributed by atoms with Crippen LogP contribution in [0.5, 0.6) is 0 Å². The first-order valence-electron chi connectivity index (χ1n) is 27.3. The van der Waals surface area contributed by atoms with Gasteiger partial charge in [-0.05, 0) is 122 Å². The number of hydrogen-bond acceptors (Lipinski definition) is 6. The fraction of sp³-hybridized carbons (Fsp3) is 0.571. The number of ether oxygens (including phenoxy) is 3. The Balaban J connectivity index is 4.63. The lowest BCUT2D eigenvalue weighted by Gasteiger charge is -2.18. The molecule has 0 aliphatic carbocycles. The molecule has 0 spiro atoms. The van der Waals surface area contributed by atoms with Crippen LogP contribution < -0.4 is 0 Å². The van der Waals surface area contributed by atoms with Crippen molar-refractivity contribution in [1.29, 1.82) is 0 Å². The topological polar surface area (TPSA) is 78.9 Å². The minimum Gasteiger partial charge on any atom is -0.462 e. The van der Waals surface area contributed by atoms with E-state index in [1.54, 1.807) is 0 Å². The minimum absolute atomic E-state index is 0.132. The average molecular weight is 951 g/mol. The fourth-order valence-corrected chi connectivity index (χ4v) is 6.79. The molecule has 0 aromatic carbocycles. The molecule has 0 aliphatic rings. The molecule has 0 heterocycles. The van der Waals surface area contributed by atoms with Crippen molar-refractivity contribution in [3.8, 4) is 0 Å². The second-order valence-electron chi connectivity index (χ2n) is 17.4. The first-order chi connectivity index (χ1) is 34.0. The Bertz CT molecular complexity index is 1560. The van der Waals surface area contributed by atoms with E-state index in [2.05, 4.69) is 154 Å². The third kappa shape index (κ3) is 54.1. The largest absolute Gasteiger partial charge is 0.462 e. The van der Waals surface area contributed by atoms with Crippen molar-refractivity contribution in [3.05, 3.63) is 146 Å². The quantitative estimate of drug-likeness (QED) is 0.0262. The highest BCUT2D eigenvalue weighted by Gasteiger charge is 2.19. The SMILES string of the molecule is CC/C=C/C/C=C/C/C=C/C/C=C/C/C=C/C/C=C/CCC(=O)OC[C@@H](COC(=O)CCCCCCCCC/C=C/CCCCCC)OC(=O)CCC/C=C/C/C=C/C/C=C/C/C=C/C/C=C/CC. The van der Waals surface area contributed by atoms with Gasteiger partial charge in [-0.25, -0.2) is 0 Å². The third-order valence-corrected chi connectivity index (χ3v) is 10.8. The van der Waals surface area contributed by atoms with E-state index in [4.69, 9.17) is 14.2 Å². The molecule has 6 heteroatoms. The van der Waals surface area contributed by atoms with Gasteiger partial charge in [0, 0.05) is 19.3 Å². The molecular weight excluding hydrogens is 853 g/mol. The molecule has 386 valence electrons. The van der Waals surface area contributed by atoms with Crippen LogP contribution in [-0.2, 0) is 28.6 Å². The van der Waals surface area contributed by atoms with Crippen molar-refractivity contribution in [2.75, 3.05) is 13.2 Å². The second kappa shape index (κ2) is 55.9. The highest BCUT2D eigenvalue weighted by Crippen LogP contribution is 2.12. The molecule has 0 aromatic rings. The van der Waals surface area contributed by atoms with Gasteiger partial charge >= 0.3 is 17.9 Å². The Morgan fingerprint density at radius 3 is 1.03 bits per heavy atom. The standard InChI is InChI=1S/C63H98O6/c1-4-7-10-13-16-19-22-25-28-30-31-33-35-38-41-44-47-50-53-56-62(65)68-59-60(58-67-61(64)55-52-49-46-43-40-37-34-27-24-21-18-15-12-9-6-3)69-63(66)57-54-51-48-45-42-39-36-32-29-26-23-20-17-14-11-8-5-2/h7-8,10-11,16-17,19-21,24-26,28-29,31,33,36,38-39,41,45,47-48,50,60H,4-6,9,12-15,18,22-23,27,30,32,34-35,37,40,42-44,46,49,51-59H2,1-3H3/b10-7+,11-8+,19-16+,20-17+,24-21+,28-25+,29-26+,33-31+,39-36+,41-38+,48-45+,50-47+/t60-/m1/s1. The number of esters is 3. The summed E-state index contributed by atoms with van der Waals surface area (Å²) >= 11 is 0. The summed E-state index contributed by atoms with van der Waals surface area (Å²) in [6.07, 6.45) is 79.9. The average Bonchev–Trinajstić information content (AvgIpc) is 3.35. The van der Waals surface area contributed by atoms with Gasteiger partial charge in [0.2, 0.25) is 0 Å². The molecule has 0 bridgehead atoms. The maximum absolute atomic E-state index is 12.8. The highest BCUT2D eigenvalue weighted by molar-refractivity contribution is 5.71. The lowest BCUT2D eigenvalue weighted by Crippen LogP contribution is -2.30. The zero-order chi connectivity index (χ0) is 50.0. The minimum atomic E-state index is -0.846. The Morgan fingerprint density at radius 2 is 0.609 bits per heavy atom. The maximum atomic E-state index is 12.8.